The molecule has 0 amide bonds. The molecular formula is C18H15NO2. The molecule has 0 radical (unpaired) electrons. The highest BCUT2D eigenvalue weighted by molar-refractivity contribution is 5.98. The van der Waals surface area contributed by atoms with Gasteiger partial charge >= 0.3 is 5.97 Å². The van der Waals surface area contributed by atoms with E-state index in [0.29, 0.717) is 0 Å². The highest BCUT2D eigenvalue weighted by atomic mass is 16.5. The number of fused-ring (bicyclic) bond motifs is 1. The molecule has 3 aromatic rings. The summed E-state index contributed by atoms with van der Waals surface area (Å²) >= 11 is 0. The maximum atomic E-state index is 11.7. The highest BCUT2D eigenvalue weighted by Crippen LogP contribution is 2.31. The van der Waals surface area contributed by atoms with E-state index in [1.54, 1.807) is 6.20 Å². The topological polar surface area (TPSA) is 39.2 Å². The van der Waals surface area contributed by atoms with Crippen LogP contribution in [0.15, 0.2) is 60.8 Å². The third-order valence-electron chi connectivity index (χ3n) is 3.50. The number of nitrogens with zero attached hydrogens (tertiary/aromatic N) is 1. The van der Waals surface area contributed by atoms with Crippen molar-refractivity contribution in [3.8, 4) is 11.3 Å². The van der Waals surface area contributed by atoms with Crippen LogP contribution in [0.4, 0.5) is 0 Å². The van der Waals surface area contributed by atoms with Crippen LogP contribution in [0, 0.1) is 0 Å². The molecule has 0 N–H and O–H groups in total. The van der Waals surface area contributed by atoms with Crippen LogP contribution >= 0.6 is 0 Å². The molecule has 0 fully saturated rings. The molecule has 0 aliphatic carbocycles. The lowest BCUT2D eigenvalue weighted by Gasteiger charge is -2.12. The van der Waals surface area contributed by atoms with Crippen LogP contribution in [-0.2, 0) is 16.0 Å². The van der Waals surface area contributed by atoms with Gasteiger partial charge in [-0.2, -0.15) is 0 Å². The smallest absolute Gasteiger partial charge is 0.310 e. The predicted molar refractivity (Wildman–Crippen MR) is 82.9 cm³/mol. The van der Waals surface area contributed by atoms with Crippen molar-refractivity contribution in [3.05, 3.63) is 66.4 Å². The van der Waals surface area contributed by atoms with E-state index in [1.165, 1.54) is 7.11 Å². The van der Waals surface area contributed by atoms with Crippen molar-refractivity contribution < 1.29 is 9.53 Å². The zero-order valence-corrected chi connectivity index (χ0v) is 11.7. The van der Waals surface area contributed by atoms with E-state index in [1.807, 2.05) is 42.5 Å². The number of pyridine rings is 1. The number of carbonyl (C=O) groups is 1. The number of hydrogen-bond donors (Lipinski definition) is 0. The Morgan fingerprint density at radius 3 is 2.62 bits per heavy atom. The normalized spacial score (nSPS) is 10.5. The third-order valence-corrected chi connectivity index (χ3v) is 3.50. The Bertz CT molecular complexity index is 782. The Labute approximate surface area is 123 Å². The van der Waals surface area contributed by atoms with Crippen LogP contribution < -0.4 is 0 Å². The van der Waals surface area contributed by atoms with E-state index in [4.69, 9.17) is 4.74 Å². The molecule has 3 rings (SSSR count). The van der Waals surface area contributed by atoms with Gasteiger partial charge in [-0.3, -0.25) is 9.78 Å². The van der Waals surface area contributed by atoms with E-state index >= 15 is 0 Å². The van der Waals surface area contributed by atoms with Gasteiger partial charge < -0.3 is 4.74 Å². The number of methoxy groups -OCH3 is 1. The first-order valence-electron chi connectivity index (χ1n) is 6.78. The Morgan fingerprint density at radius 1 is 1.05 bits per heavy atom. The number of benzene rings is 2. The number of hydrogen-bond acceptors (Lipinski definition) is 3. The lowest BCUT2D eigenvalue weighted by molar-refractivity contribution is -0.139. The van der Waals surface area contributed by atoms with Gasteiger partial charge in [-0.25, -0.2) is 0 Å². The summed E-state index contributed by atoms with van der Waals surface area (Å²) in [4.78, 5) is 16.1. The molecular weight excluding hydrogens is 262 g/mol. The molecule has 21 heavy (non-hydrogen) atoms. The van der Waals surface area contributed by atoms with Gasteiger partial charge in [0.2, 0.25) is 0 Å². The summed E-state index contributed by atoms with van der Waals surface area (Å²) in [6.07, 6.45) is 2.01. The van der Waals surface area contributed by atoms with Crippen molar-refractivity contribution in [2.75, 3.05) is 7.11 Å². The molecule has 0 atom stereocenters. The summed E-state index contributed by atoms with van der Waals surface area (Å²) in [5, 5.41) is 2.23. The van der Waals surface area contributed by atoms with Crippen molar-refractivity contribution >= 4 is 16.7 Å². The number of rotatable bonds is 3. The second kappa shape index (κ2) is 5.75. The molecule has 3 heteroatoms. The van der Waals surface area contributed by atoms with Gasteiger partial charge in [0, 0.05) is 11.8 Å². The maximum absolute atomic E-state index is 11.7. The first-order chi connectivity index (χ1) is 10.3. The molecule has 0 saturated heterocycles. The largest absolute Gasteiger partial charge is 0.469 e. The fourth-order valence-electron chi connectivity index (χ4n) is 2.50. The highest BCUT2D eigenvalue weighted by Gasteiger charge is 2.13. The first kappa shape index (κ1) is 13.3. The zero-order chi connectivity index (χ0) is 14.7. The van der Waals surface area contributed by atoms with Crippen LogP contribution in [0.25, 0.3) is 22.0 Å². The second-order valence-corrected chi connectivity index (χ2v) is 4.79. The molecule has 3 nitrogen and oxygen atoms in total. The molecule has 0 spiro atoms. The molecule has 2 aromatic carbocycles. The maximum Gasteiger partial charge on any atom is 0.310 e. The van der Waals surface area contributed by atoms with E-state index in [0.717, 1.165) is 27.6 Å². The number of carbonyl (C=O) groups excluding carboxylic acids is 1. The van der Waals surface area contributed by atoms with Gasteiger partial charge in [0.1, 0.15) is 0 Å². The summed E-state index contributed by atoms with van der Waals surface area (Å²) < 4.78 is 4.80. The van der Waals surface area contributed by atoms with Gasteiger partial charge in [-0.05, 0) is 28.5 Å². The summed E-state index contributed by atoms with van der Waals surface area (Å²) in [5.74, 6) is -0.248. The molecule has 0 aliphatic rings. The Balaban J connectivity index is 2.25. The lowest BCUT2D eigenvalue weighted by Crippen LogP contribution is -2.06. The van der Waals surface area contributed by atoms with E-state index in [9.17, 15) is 4.79 Å². The van der Waals surface area contributed by atoms with E-state index in [-0.39, 0.29) is 12.4 Å². The summed E-state index contributed by atoms with van der Waals surface area (Å²) in [6.45, 7) is 0. The van der Waals surface area contributed by atoms with Crippen LogP contribution in [0.5, 0.6) is 0 Å². The molecule has 0 bridgehead atoms. The lowest BCUT2D eigenvalue weighted by atomic mass is 9.94. The standard InChI is InChI=1S/C18H15NO2/c1-21-17(20)12-14-10-9-13-6-2-3-7-15(13)18(14)16-8-4-5-11-19-16/h2-11H,12H2,1H3. The molecule has 1 heterocycles. The van der Waals surface area contributed by atoms with Crippen LogP contribution in [0.3, 0.4) is 0 Å². The van der Waals surface area contributed by atoms with Crippen molar-refractivity contribution in [2.24, 2.45) is 0 Å². The van der Waals surface area contributed by atoms with Gasteiger partial charge in [0.15, 0.2) is 0 Å². The van der Waals surface area contributed by atoms with Crippen molar-refractivity contribution in [3.63, 3.8) is 0 Å². The molecule has 0 saturated carbocycles. The molecule has 1 aromatic heterocycles. The minimum absolute atomic E-state index is 0.243. The monoisotopic (exact) mass is 277 g/mol. The quantitative estimate of drug-likeness (QED) is 0.686. The van der Waals surface area contributed by atoms with Gasteiger partial charge in [0.25, 0.3) is 0 Å². The minimum Gasteiger partial charge on any atom is -0.469 e. The van der Waals surface area contributed by atoms with Gasteiger partial charge in [-0.1, -0.05) is 42.5 Å². The van der Waals surface area contributed by atoms with Crippen LogP contribution in [-0.4, -0.2) is 18.1 Å². The van der Waals surface area contributed by atoms with Gasteiger partial charge in [-0.15, -0.1) is 0 Å². The van der Waals surface area contributed by atoms with E-state index in [2.05, 4.69) is 17.1 Å². The fourth-order valence-corrected chi connectivity index (χ4v) is 2.50. The third kappa shape index (κ3) is 2.63. The fraction of sp³-hybridized carbons (Fsp3) is 0.111. The minimum atomic E-state index is -0.248. The molecule has 104 valence electrons. The molecule has 0 unspecified atom stereocenters. The zero-order valence-electron chi connectivity index (χ0n) is 11.7. The summed E-state index contributed by atoms with van der Waals surface area (Å²) in [6, 6.07) is 17.9. The Hall–Kier alpha value is -2.68. The van der Waals surface area contributed by atoms with Crippen LogP contribution in [0.1, 0.15) is 5.56 Å². The average Bonchev–Trinajstić information content (AvgIpc) is 2.55. The Kier molecular flexibility index (Phi) is 3.65. The summed E-state index contributed by atoms with van der Waals surface area (Å²) in [7, 11) is 1.41. The number of ether oxygens (including phenoxy) is 1. The SMILES string of the molecule is COC(=O)Cc1ccc2ccccc2c1-c1ccccn1. The van der Waals surface area contributed by atoms with E-state index < -0.39 is 0 Å². The number of aromatic nitrogens is 1. The number of esters is 1. The van der Waals surface area contributed by atoms with Crippen molar-refractivity contribution in [1.29, 1.82) is 0 Å². The van der Waals surface area contributed by atoms with Crippen molar-refractivity contribution in [2.45, 2.75) is 6.42 Å². The first-order valence-corrected chi connectivity index (χ1v) is 6.78. The molecule has 0 aliphatic heterocycles. The van der Waals surface area contributed by atoms with Gasteiger partial charge in [0.05, 0.1) is 19.2 Å². The predicted octanol–water partition coefficient (Wildman–Crippen LogP) is 3.62. The Morgan fingerprint density at radius 2 is 1.86 bits per heavy atom. The van der Waals surface area contributed by atoms with Crippen molar-refractivity contribution in [1.82, 2.24) is 4.98 Å². The average molecular weight is 277 g/mol. The summed E-state index contributed by atoms with van der Waals surface area (Å²) in [5.41, 5.74) is 2.80. The van der Waals surface area contributed by atoms with Crippen LogP contribution in [0.2, 0.25) is 0 Å². The second-order valence-electron chi connectivity index (χ2n) is 4.79.